The van der Waals surface area contributed by atoms with Gasteiger partial charge in [-0.3, -0.25) is 0 Å². The zero-order valence-corrected chi connectivity index (χ0v) is 19.5. The van der Waals surface area contributed by atoms with E-state index in [0.717, 1.165) is 46.4 Å². The predicted molar refractivity (Wildman–Crippen MR) is 132 cm³/mol. The first-order valence-corrected chi connectivity index (χ1v) is 11.7. The van der Waals surface area contributed by atoms with Crippen molar-refractivity contribution >= 4 is 46.2 Å². The highest BCUT2D eigenvalue weighted by molar-refractivity contribution is 6.42. The first-order chi connectivity index (χ1) is 15.1. The van der Waals surface area contributed by atoms with Crippen LogP contribution in [0.15, 0.2) is 60.7 Å². The van der Waals surface area contributed by atoms with Crippen molar-refractivity contribution in [2.75, 3.05) is 23.3 Å². The lowest BCUT2D eigenvalue weighted by molar-refractivity contribution is 0.306. The largest absolute Gasteiger partial charge is 0.489 e. The van der Waals surface area contributed by atoms with E-state index >= 15 is 0 Å². The molecule has 0 atom stereocenters. The minimum atomic E-state index is 0.441. The van der Waals surface area contributed by atoms with Crippen LogP contribution in [0.5, 0.6) is 5.75 Å². The van der Waals surface area contributed by atoms with Crippen LogP contribution in [0.3, 0.4) is 0 Å². The Morgan fingerprint density at radius 1 is 0.742 bits per heavy atom. The Morgan fingerprint density at radius 2 is 1.48 bits per heavy atom. The van der Waals surface area contributed by atoms with Crippen molar-refractivity contribution in [2.45, 2.75) is 32.4 Å². The molecule has 1 saturated heterocycles. The molecular weight excluding hydrogens is 451 g/mol. The molecule has 4 rings (SSSR count). The highest BCUT2D eigenvalue weighted by Gasteiger charge is 2.14. The fourth-order valence-electron chi connectivity index (χ4n) is 3.71. The summed E-state index contributed by atoms with van der Waals surface area (Å²) in [6.45, 7) is 3.33. The molecule has 1 aliphatic heterocycles. The van der Waals surface area contributed by atoms with Gasteiger partial charge < -0.3 is 15.0 Å². The van der Waals surface area contributed by atoms with Gasteiger partial charge in [0.1, 0.15) is 12.4 Å². The summed E-state index contributed by atoms with van der Waals surface area (Å²) in [5.74, 6) is 0.809. The number of ether oxygens (including phenoxy) is 1. The highest BCUT2D eigenvalue weighted by Crippen LogP contribution is 2.31. The fourth-order valence-corrected chi connectivity index (χ4v) is 4.33. The number of nitrogens with one attached hydrogen (secondary N) is 1. The quantitative estimate of drug-likeness (QED) is 0.377. The first-order valence-electron chi connectivity index (χ1n) is 10.5. The van der Waals surface area contributed by atoms with Crippen LogP contribution in [0.25, 0.3) is 0 Å². The van der Waals surface area contributed by atoms with Gasteiger partial charge in [-0.15, -0.1) is 0 Å². The average molecular weight is 476 g/mol. The van der Waals surface area contributed by atoms with E-state index in [-0.39, 0.29) is 0 Å². The smallest absolute Gasteiger partial charge is 0.119 e. The molecule has 0 aromatic heterocycles. The van der Waals surface area contributed by atoms with Gasteiger partial charge >= 0.3 is 0 Å². The number of piperidine rings is 1. The van der Waals surface area contributed by atoms with Crippen molar-refractivity contribution in [2.24, 2.45) is 0 Å². The minimum absolute atomic E-state index is 0.441. The van der Waals surface area contributed by atoms with Crippen molar-refractivity contribution in [1.29, 1.82) is 0 Å². The predicted octanol–water partition coefficient (Wildman–Crippen LogP) is 7.83. The topological polar surface area (TPSA) is 24.5 Å². The lowest BCUT2D eigenvalue weighted by atomic mass is 10.1. The molecule has 6 heteroatoms. The van der Waals surface area contributed by atoms with E-state index < -0.39 is 0 Å². The Morgan fingerprint density at radius 3 is 2.19 bits per heavy atom. The van der Waals surface area contributed by atoms with E-state index in [1.165, 1.54) is 19.3 Å². The first kappa shape index (κ1) is 22.1. The third kappa shape index (κ3) is 6.00. The third-order valence-electron chi connectivity index (χ3n) is 5.45. The van der Waals surface area contributed by atoms with Crippen LogP contribution in [0.1, 0.15) is 30.4 Å². The average Bonchev–Trinajstić information content (AvgIpc) is 2.80. The molecule has 1 fully saturated rings. The molecule has 1 aliphatic rings. The Balaban J connectivity index is 1.29. The van der Waals surface area contributed by atoms with Gasteiger partial charge in [0.25, 0.3) is 0 Å². The maximum absolute atomic E-state index is 6.56. The van der Waals surface area contributed by atoms with Crippen LogP contribution in [0.2, 0.25) is 15.1 Å². The van der Waals surface area contributed by atoms with Crippen LogP contribution in [0, 0.1) is 0 Å². The molecule has 3 aromatic rings. The van der Waals surface area contributed by atoms with Gasteiger partial charge in [-0.25, -0.2) is 0 Å². The molecule has 0 radical (unpaired) electrons. The number of rotatable bonds is 7. The van der Waals surface area contributed by atoms with Gasteiger partial charge in [0.2, 0.25) is 0 Å². The van der Waals surface area contributed by atoms with E-state index in [4.69, 9.17) is 39.5 Å². The van der Waals surface area contributed by atoms with Crippen LogP contribution in [0.4, 0.5) is 11.4 Å². The van der Waals surface area contributed by atoms with Gasteiger partial charge in [-0.1, -0.05) is 53.0 Å². The normalized spacial score (nSPS) is 13.8. The summed E-state index contributed by atoms with van der Waals surface area (Å²) in [7, 11) is 0. The van der Waals surface area contributed by atoms with Crippen molar-refractivity contribution in [3.63, 3.8) is 0 Å². The molecule has 3 aromatic carbocycles. The second-order valence-corrected chi connectivity index (χ2v) is 8.97. The van der Waals surface area contributed by atoms with E-state index in [0.29, 0.717) is 23.2 Å². The molecule has 0 amide bonds. The van der Waals surface area contributed by atoms with Gasteiger partial charge in [-0.2, -0.15) is 0 Å². The summed E-state index contributed by atoms with van der Waals surface area (Å²) in [5.41, 5.74) is 4.30. The van der Waals surface area contributed by atoms with Gasteiger partial charge in [0.05, 0.1) is 20.8 Å². The minimum Gasteiger partial charge on any atom is -0.489 e. The van der Waals surface area contributed by atoms with Crippen molar-refractivity contribution in [1.82, 2.24) is 0 Å². The highest BCUT2D eigenvalue weighted by atomic mass is 35.5. The number of halogens is 3. The molecular formula is C25H25Cl3N2O. The standard InChI is InChI=1S/C25H25Cl3N2O/c26-22-10-6-19(14-23(22)27)17-31-21-8-4-18(5-9-21)16-29-20-7-11-25(24(28)15-20)30-12-2-1-3-13-30/h4-11,14-15,29H,1-3,12-13,16-17H2. The number of anilines is 2. The second-order valence-electron chi connectivity index (χ2n) is 7.75. The third-order valence-corrected chi connectivity index (χ3v) is 6.50. The summed E-state index contributed by atoms with van der Waals surface area (Å²) < 4.78 is 5.85. The molecule has 0 bridgehead atoms. The molecule has 1 N–H and O–H groups in total. The van der Waals surface area contributed by atoms with Crippen molar-refractivity contribution < 1.29 is 4.74 Å². The van der Waals surface area contributed by atoms with E-state index in [9.17, 15) is 0 Å². The van der Waals surface area contributed by atoms with Gasteiger partial charge in [-0.05, 0) is 72.9 Å². The Bertz CT molecular complexity index is 1020. The van der Waals surface area contributed by atoms with Crippen LogP contribution < -0.4 is 15.0 Å². The Labute approximate surface area is 198 Å². The zero-order valence-electron chi connectivity index (χ0n) is 17.2. The fraction of sp³-hybridized carbons (Fsp3) is 0.280. The molecule has 3 nitrogen and oxygen atoms in total. The van der Waals surface area contributed by atoms with Crippen LogP contribution in [-0.2, 0) is 13.2 Å². The number of hydrogen-bond donors (Lipinski definition) is 1. The molecule has 31 heavy (non-hydrogen) atoms. The van der Waals surface area contributed by atoms with E-state index in [2.05, 4.69) is 34.5 Å². The van der Waals surface area contributed by atoms with Gasteiger partial charge in [0, 0.05) is 25.3 Å². The number of nitrogens with zero attached hydrogens (tertiary/aromatic N) is 1. The van der Waals surface area contributed by atoms with Crippen molar-refractivity contribution in [3.8, 4) is 5.75 Å². The Hall–Kier alpha value is -2.07. The zero-order chi connectivity index (χ0) is 21.6. The molecule has 0 aliphatic carbocycles. The maximum atomic E-state index is 6.56. The molecule has 162 valence electrons. The summed E-state index contributed by atoms with van der Waals surface area (Å²) >= 11 is 18.6. The number of benzene rings is 3. The number of hydrogen-bond acceptors (Lipinski definition) is 3. The van der Waals surface area contributed by atoms with Crippen LogP contribution >= 0.6 is 34.8 Å². The Kier molecular flexibility index (Phi) is 7.49. The second kappa shape index (κ2) is 10.5. The molecule has 1 heterocycles. The van der Waals surface area contributed by atoms with E-state index in [1.807, 2.05) is 30.3 Å². The molecule has 0 saturated carbocycles. The molecule has 0 unspecified atom stereocenters. The van der Waals surface area contributed by atoms with E-state index in [1.54, 1.807) is 6.07 Å². The monoisotopic (exact) mass is 474 g/mol. The van der Waals surface area contributed by atoms with Crippen molar-refractivity contribution in [3.05, 3.63) is 86.9 Å². The van der Waals surface area contributed by atoms with Crippen LogP contribution in [-0.4, -0.2) is 13.1 Å². The summed E-state index contributed by atoms with van der Waals surface area (Å²) in [6, 6.07) is 19.8. The van der Waals surface area contributed by atoms with Gasteiger partial charge in [0.15, 0.2) is 0 Å². The summed E-state index contributed by atoms with van der Waals surface area (Å²) in [4.78, 5) is 2.38. The SMILES string of the molecule is Clc1ccc(COc2ccc(CNc3ccc(N4CCCCC4)c(Cl)c3)cc2)cc1Cl. The molecule has 0 spiro atoms. The summed E-state index contributed by atoms with van der Waals surface area (Å²) in [5, 5.41) is 5.33. The lowest BCUT2D eigenvalue weighted by Gasteiger charge is -2.29. The maximum Gasteiger partial charge on any atom is 0.119 e. The lowest BCUT2D eigenvalue weighted by Crippen LogP contribution is -2.29. The summed E-state index contributed by atoms with van der Waals surface area (Å²) in [6.07, 6.45) is 3.79.